The number of hydrogen-bond acceptors (Lipinski definition) is 5. The van der Waals surface area contributed by atoms with Gasteiger partial charge in [-0.25, -0.2) is 0 Å². The van der Waals surface area contributed by atoms with Crippen LogP contribution < -0.4 is 24.8 Å². The molecule has 2 unspecified atom stereocenters. The monoisotopic (exact) mass is 472 g/mol. The molecule has 30 heavy (non-hydrogen) atoms. The number of hydrogen-bond donors (Lipinski definition) is 2. The summed E-state index contributed by atoms with van der Waals surface area (Å²) in [5.41, 5.74) is 1.19. The Morgan fingerprint density at radius 3 is 2.57 bits per heavy atom. The molecule has 1 fully saturated rings. The highest BCUT2D eigenvalue weighted by molar-refractivity contribution is 6.42. The van der Waals surface area contributed by atoms with Crippen LogP contribution in [0.2, 0.25) is 10.0 Å². The van der Waals surface area contributed by atoms with Crippen molar-refractivity contribution in [3.05, 3.63) is 52.0 Å². The number of halogens is 3. The number of benzene rings is 2. The number of fused-ring (bicyclic) bond motifs is 1. The highest BCUT2D eigenvalue weighted by Gasteiger charge is 2.29. The van der Waals surface area contributed by atoms with Crippen LogP contribution in [0.5, 0.6) is 17.2 Å². The topological polar surface area (TPSA) is 51.8 Å². The Labute approximate surface area is 193 Å². The van der Waals surface area contributed by atoms with Crippen molar-refractivity contribution in [1.29, 1.82) is 0 Å². The molecule has 0 aliphatic carbocycles. The summed E-state index contributed by atoms with van der Waals surface area (Å²) in [6.45, 7) is 3.19. The summed E-state index contributed by atoms with van der Waals surface area (Å²) in [7, 11) is 1.72. The molecule has 5 nitrogen and oxygen atoms in total. The van der Waals surface area contributed by atoms with Gasteiger partial charge in [-0.15, -0.1) is 12.4 Å². The minimum atomic E-state index is -0.112. The van der Waals surface area contributed by atoms with Gasteiger partial charge in [0.15, 0.2) is 11.5 Å². The lowest BCUT2D eigenvalue weighted by Gasteiger charge is -2.34. The minimum Gasteiger partial charge on any atom is -0.496 e. The van der Waals surface area contributed by atoms with E-state index < -0.39 is 0 Å². The van der Waals surface area contributed by atoms with E-state index in [1.54, 1.807) is 19.2 Å². The van der Waals surface area contributed by atoms with Crippen molar-refractivity contribution < 1.29 is 14.2 Å². The molecular weight excluding hydrogens is 447 g/mol. The summed E-state index contributed by atoms with van der Waals surface area (Å²) >= 11 is 12.2. The van der Waals surface area contributed by atoms with Crippen LogP contribution in [0.25, 0.3) is 0 Å². The minimum absolute atomic E-state index is 0. The second-order valence-electron chi connectivity index (χ2n) is 7.48. The number of para-hydroxylation sites is 1. The molecule has 0 amide bonds. The molecule has 2 aromatic carbocycles. The summed E-state index contributed by atoms with van der Waals surface area (Å²) in [5.74, 6) is 2.71. The average Bonchev–Trinajstić information content (AvgIpc) is 2.76. The number of methoxy groups -OCH3 is 1. The summed E-state index contributed by atoms with van der Waals surface area (Å²) in [4.78, 5) is 0. The Bertz CT molecular complexity index is 846. The third kappa shape index (κ3) is 5.27. The molecule has 2 N–H and O–H groups in total. The zero-order valence-corrected chi connectivity index (χ0v) is 19.2. The van der Waals surface area contributed by atoms with E-state index in [1.807, 2.05) is 12.1 Å². The van der Waals surface area contributed by atoms with Crippen molar-refractivity contribution in [1.82, 2.24) is 10.6 Å². The lowest BCUT2D eigenvalue weighted by atomic mass is 9.85. The van der Waals surface area contributed by atoms with Gasteiger partial charge in [0, 0.05) is 30.3 Å². The highest BCUT2D eigenvalue weighted by Crippen LogP contribution is 2.39. The first-order chi connectivity index (χ1) is 14.2. The molecule has 2 aliphatic heterocycles. The number of ether oxygens (including phenoxy) is 3. The Hall–Kier alpha value is -1.37. The predicted molar refractivity (Wildman–Crippen MR) is 123 cm³/mol. The van der Waals surface area contributed by atoms with Crippen LogP contribution in [0.15, 0.2) is 36.4 Å². The fourth-order valence-electron chi connectivity index (χ4n) is 4.10. The Morgan fingerprint density at radius 2 is 1.83 bits per heavy atom. The van der Waals surface area contributed by atoms with Crippen molar-refractivity contribution in [2.75, 3.05) is 33.4 Å². The molecule has 8 heteroatoms. The van der Waals surface area contributed by atoms with Crippen molar-refractivity contribution in [3.8, 4) is 17.2 Å². The molecule has 0 radical (unpaired) electrons. The summed E-state index contributed by atoms with van der Waals surface area (Å²) < 4.78 is 17.6. The van der Waals surface area contributed by atoms with Crippen LogP contribution in [0.3, 0.4) is 0 Å². The first-order valence-electron chi connectivity index (χ1n) is 10.0. The summed E-state index contributed by atoms with van der Waals surface area (Å²) in [6, 6.07) is 11.8. The van der Waals surface area contributed by atoms with Crippen LogP contribution in [0, 0.1) is 5.92 Å². The standard InChI is InChI=1S/C22H26Cl2N2O3.ClH/c1-27-19-5-3-2-4-16(19)22(14-6-8-25-9-7-14)26-12-15-13-28-20-10-17(23)18(24)11-21(20)29-15;/h2-5,10-11,14-15,22,25-26H,6-9,12-13H2,1H3;1H. The molecule has 0 bridgehead atoms. The Kier molecular flexibility index (Phi) is 8.37. The predicted octanol–water partition coefficient (Wildman–Crippen LogP) is 4.89. The van der Waals surface area contributed by atoms with Gasteiger partial charge in [0.2, 0.25) is 0 Å². The Morgan fingerprint density at radius 1 is 1.13 bits per heavy atom. The van der Waals surface area contributed by atoms with E-state index in [1.165, 1.54) is 5.56 Å². The van der Waals surface area contributed by atoms with Crippen molar-refractivity contribution >= 4 is 35.6 Å². The normalized spacial score (nSPS) is 19.6. The van der Waals surface area contributed by atoms with Gasteiger partial charge >= 0.3 is 0 Å². The molecule has 2 heterocycles. The van der Waals surface area contributed by atoms with Gasteiger partial charge in [-0.2, -0.15) is 0 Å². The fourth-order valence-corrected chi connectivity index (χ4v) is 4.41. The van der Waals surface area contributed by atoms with Crippen molar-refractivity contribution in [2.45, 2.75) is 25.0 Å². The average molecular weight is 474 g/mol. The second-order valence-corrected chi connectivity index (χ2v) is 8.29. The number of piperidine rings is 1. The quantitative estimate of drug-likeness (QED) is 0.625. The maximum absolute atomic E-state index is 6.13. The lowest BCUT2D eigenvalue weighted by molar-refractivity contribution is 0.0849. The molecule has 2 aromatic rings. The molecule has 164 valence electrons. The van der Waals surface area contributed by atoms with Crippen LogP contribution in [-0.4, -0.2) is 39.5 Å². The van der Waals surface area contributed by atoms with Gasteiger partial charge in [-0.05, 0) is 37.9 Å². The van der Waals surface area contributed by atoms with Gasteiger partial charge in [-0.3, -0.25) is 0 Å². The molecule has 0 spiro atoms. The molecule has 2 aliphatic rings. The SMILES string of the molecule is COc1ccccc1C(NCC1COc2cc(Cl)c(Cl)cc2O1)C1CCNCC1.Cl. The van der Waals surface area contributed by atoms with E-state index in [9.17, 15) is 0 Å². The van der Waals surface area contributed by atoms with E-state index >= 15 is 0 Å². The largest absolute Gasteiger partial charge is 0.496 e. The third-order valence-corrected chi connectivity index (χ3v) is 6.32. The zero-order valence-electron chi connectivity index (χ0n) is 16.8. The molecule has 2 atom stereocenters. The number of rotatable bonds is 6. The maximum atomic E-state index is 6.13. The molecule has 4 rings (SSSR count). The van der Waals surface area contributed by atoms with Crippen LogP contribution in [-0.2, 0) is 0 Å². The number of nitrogens with one attached hydrogen (secondary N) is 2. The fraction of sp³-hybridized carbons (Fsp3) is 0.455. The smallest absolute Gasteiger partial charge is 0.163 e. The Balaban J connectivity index is 0.00000256. The van der Waals surface area contributed by atoms with E-state index in [0.717, 1.165) is 31.7 Å². The van der Waals surface area contributed by atoms with Crippen LogP contribution >= 0.6 is 35.6 Å². The second kappa shape index (κ2) is 10.8. The van der Waals surface area contributed by atoms with Gasteiger partial charge < -0.3 is 24.8 Å². The van der Waals surface area contributed by atoms with Gasteiger partial charge in [-0.1, -0.05) is 41.4 Å². The van der Waals surface area contributed by atoms with Gasteiger partial charge in [0.25, 0.3) is 0 Å². The molecule has 0 saturated carbocycles. The van der Waals surface area contributed by atoms with Gasteiger partial charge in [0.05, 0.1) is 17.2 Å². The maximum Gasteiger partial charge on any atom is 0.163 e. The van der Waals surface area contributed by atoms with E-state index in [2.05, 4.69) is 22.8 Å². The zero-order chi connectivity index (χ0) is 20.2. The first kappa shape index (κ1) is 23.3. The van der Waals surface area contributed by atoms with E-state index in [-0.39, 0.29) is 24.6 Å². The summed E-state index contributed by atoms with van der Waals surface area (Å²) in [5, 5.41) is 8.11. The lowest BCUT2D eigenvalue weighted by Crippen LogP contribution is -2.43. The van der Waals surface area contributed by atoms with Crippen LogP contribution in [0.1, 0.15) is 24.4 Å². The van der Waals surface area contributed by atoms with Crippen molar-refractivity contribution in [3.63, 3.8) is 0 Å². The van der Waals surface area contributed by atoms with E-state index in [4.69, 9.17) is 37.4 Å². The van der Waals surface area contributed by atoms with E-state index in [0.29, 0.717) is 40.6 Å². The van der Waals surface area contributed by atoms with Gasteiger partial charge in [0.1, 0.15) is 18.5 Å². The van der Waals surface area contributed by atoms with Crippen LogP contribution in [0.4, 0.5) is 0 Å². The molecule has 0 aromatic heterocycles. The molecule has 1 saturated heterocycles. The van der Waals surface area contributed by atoms with Crippen molar-refractivity contribution in [2.24, 2.45) is 5.92 Å². The third-order valence-electron chi connectivity index (χ3n) is 5.60. The highest BCUT2D eigenvalue weighted by atomic mass is 35.5. The molecular formula is C22H27Cl3N2O3. The first-order valence-corrected chi connectivity index (χ1v) is 10.8. The summed E-state index contributed by atoms with van der Waals surface area (Å²) in [6.07, 6.45) is 2.13.